The van der Waals surface area contributed by atoms with Crippen molar-refractivity contribution in [2.75, 3.05) is 26.2 Å². The number of nitrogens with zero attached hydrogens (tertiary/aromatic N) is 2. The minimum atomic E-state index is -0.446. The number of carbonyl (C=O) groups is 4. The topological polar surface area (TPSA) is 86.8 Å². The van der Waals surface area contributed by atoms with Gasteiger partial charge in [0, 0.05) is 24.7 Å². The van der Waals surface area contributed by atoms with E-state index in [9.17, 15) is 19.2 Å². The number of halogens is 2. The van der Waals surface area contributed by atoms with Crippen LogP contribution in [0.5, 0.6) is 0 Å². The number of rotatable bonds is 5. The SMILES string of the molecule is CCCNC(=O)CN1C(=O)SC(=C2CCN(C(=O)c3cc(Cl)ccc3Cl)CC2)C1=O. The zero-order valence-electron chi connectivity index (χ0n) is 16.4. The Bertz CT molecular complexity index is 925. The molecule has 0 bridgehead atoms. The van der Waals surface area contributed by atoms with E-state index in [-0.39, 0.29) is 18.4 Å². The number of piperidine rings is 1. The van der Waals surface area contributed by atoms with Gasteiger partial charge in [0.2, 0.25) is 5.91 Å². The summed E-state index contributed by atoms with van der Waals surface area (Å²) in [5.41, 5.74) is 1.17. The summed E-state index contributed by atoms with van der Waals surface area (Å²) < 4.78 is 0. The van der Waals surface area contributed by atoms with Crippen LogP contribution < -0.4 is 5.32 Å². The molecule has 0 saturated carbocycles. The standard InChI is InChI=1S/C20H21Cl2N3O4S/c1-2-7-23-16(26)11-25-19(28)17(30-20(25)29)12-5-8-24(9-6-12)18(27)14-10-13(21)3-4-15(14)22/h3-4,10H,2,5-9,11H2,1H3,(H,23,26). The van der Waals surface area contributed by atoms with Crippen LogP contribution in [-0.4, -0.2) is 58.9 Å². The summed E-state index contributed by atoms with van der Waals surface area (Å²) >= 11 is 13.0. The fourth-order valence-electron chi connectivity index (χ4n) is 3.25. The molecule has 0 aliphatic carbocycles. The van der Waals surface area contributed by atoms with Crippen molar-refractivity contribution in [1.82, 2.24) is 15.1 Å². The molecule has 1 aromatic rings. The molecule has 3 rings (SSSR count). The van der Waals surface area contributed by atoms with Crippen LogP contribution >= 0.6 is 35.0 Å². The van der Waals surface area contributed by atoms with Gasteiger partial charge in [-0.3, -0.25) is 24.1 Å². The lowest BCUT2D eigenvalue weighted by Gasteiger charge is -2.29. The molecule has 2 fully saturated rings. The summed E-state index contributed by atoms with van der Waals surface area (Å²) in [6.45, 7) is 2.94. The normalized spacial score (nSPS) is 17.0. The monoisotopic (exact) mass is 469 g/mol. The van der Waals surface area contributed by atoms with Gasteiger partial charge in [0.25, 0.3) is 17.1 Å². The second kappa shape index (κ2) is 9.85. The first kappa shape index (κ1) is 22.7. The molecule has 2 saturated heterocycles. The van der Waals surface area contributed by atoms with Crippen molar-refractivity contribution in [3.63, 3.8) is 0 Å². The lowest BCUT2D eigenvalue weighted by Crippen LogP contribution is -2.40. The molecule has 0 atom stereocenters. The van der Waals surface area contributed by atoms with Gasteiger partial charge >= 0.3 is 0 Å². The van der Waals surface area contributed by atoms with E-state index in [1.165, 1.54) is 6.07 Å². The third-order valence-electron chi connectivity index (χ3n) is 4.86. The van der Waals surface area contributed by atoms with Crippen LogP contribution in [0.2, 0.25) is 10.0 Å². The second-order valence-electron chi connectivity index (χ2n) is 6.96. The third kappa shape index (κ3) is 4.99. The molecule has 2 aliphatic rings. The van der Waals surface area contributed by atoms with Crippen LogP contribution in [0.25, 0.3) is 0 Å². The van der Waals surface area contributed by atoms with E-state index >= 15 is 0 Å². The van der Waals surface area contributed by atoms with E-state index < -0.39 is 11.1 Å². The van der Waals surface area contributed by atoms with Gasteiger partial charge < -0.3 is 10.2 Å². The van der Waals surface area contributed by atoms with Crippen molar-refractivity contribution in [2.45, 2.75) is 26.2 Å². The minimum absolute atomic E-state index is 0.220. The van der Waals surface area contributed by atoms with Crippen molar-refractivity contribution in [3.8, 4) is 0 Å². The Balaban J connectivity index is 1.65. The fourth-order valence-corrected chi connectivity index (χ4v) is 4.60. The van der Waals surface area contributed by atoms with Gasteiger partial charge in [-0.2, -0.15) is 0 Å². The average molecular weight is 470 g/mol. The number of imide groups is 1. The van der Waals surface area contributed by atoms with Gasteiger partial charge in [-0.05, 0) is 54.8 Å². The third-order valence-corrected chi connectivity index (χ3v) is 6.48. The Morgan fingerprint density at radius 2 is 1.87 bits per heavy atom. The van der Waals surface area contributed by atoms with Crippen molar-refractivity contribution in [3.05, 3.63) is 44.3 Å². The summed E-state index contributed by atoms with van der Waals surface area (Å²) in [6, 6.07) is 4.74. The molecule has 0 radical (unpaired) electrons. The number of hydrogen-bond donors (Lipinski definition) is 1. The van der Waals surface area contributed by atoms with Crippen LogP contribution in [-0.2, 0) is 9.59 Å². The lowest BCUT2D eigenvalue weighted by atomic mass is 10.0. The van der Waals surface area contributed by atoms with Gasteiger partial charge in [-0.1, -0.05) is 30.1 Å². The number of carbonyl (C=O) groups excluding carboxylic acids is 4. The van der Waals surface area contributed by atoms with E-state index in [2.05, 4.69) is 5.32 Å². The molecule has 4 amide bonds. The Kier molecular flexibility index (Phi) is 7.44. The summed E-state index contributed by atoms with van der Waals surface area (Å²) in [6.07, 6.45) is 1.72. The summed E-state index contributed by atoms with van der Waals surface area (Å²) in [5.74, 6) is -1.02. The van der Waals surface area contributed by atoms with Crippen molar-refractivity contribution < 1.29 is 19.2 Å². The molecule has 30 heavy (non-hydrogen) atoms. The van der Waals surface area contributed by atoms with E-state index in [0.717, 1.165) is 28.7 Å². The van der Waals surface area contributed by atoms with Gasteiger partial charge in [-0.25, -0.2) is 0 Å². The molecule has 2 aliphatic heterocycles. The minimum Gasteiger partial charge on any atom is -0.355 e. The van der Waals surface area contributed by atoms with E-state index in [0.29, 0.717) is 53.0 Å². The predicted octanol–water partition coefficient (Wildman–Crippen LogP) is 3.71. The van der Waals surface area contributed by atoms with Crippen LogP contribution in [0, 0.1) is 0 Å². The Hall–Kier alpha value is -2.03. The van der Waals surface area contributed by atoms with Crippen molar-refractivity contribution in [2.24, 2.45) is 0 Å². The number of likely N-dealkylation sites (tertiary alicyclic amines) is 1. The number of thioether (sulfide) groups is 1. The number of hydrogen-bond acceptors (Lipinski definition) is 5. The lowest BCUT2D eigenvalue weighted by molar-refractivity contribution is -0.129. The highest BCUT2D eigenvalue weighted by molar-refractivity contribution is 8.18. The maximum atomic E-state index is 12.8. The van der Waals surface area contributed by atoms with Gasteiger partial charge in [0.05, 0.1) is 15.5 Å². The van der Waals surface area contributed by atoms with Crippen LogP contribution in [0.15, 0.2) is 28.7 Å². The molecule has 1 N–H and O–H groups in total. The molecule has 2 heterocycles. The maximum absolute atomic E-state index is 12.8. The maximum Gasteiger partial charge on any atom is 0.294 e. The number of nitrogens with one attached hydrogen (secondary N) is 1. The molecule has 1 aromatic carbocycles. The van der Waals surface area contributed by atoms with E-state index in [1.807, 2.05) is 6.92 Å². The van der Waals surface area contributed by atoms with Crippen LogP contribution in [0.4, 0.5) is 4.79 Å². The highest BCUT2D eigenvalue weighted by atomic mass is 35.5. The molecule has 0 spiro atoms. The van der Waals surface area contributed by atoms with Gasteiger partial charge in [0.15, 0.2) is 0 Å². The zero-order valence-corrected chi connectivity index (χ0v) is 18.7. The first-order valence-electron chi connectivity index (χ1n) is 9.58. The highest BCUT2D eigenvalue weighted by Crippen LogP contribution is 2.36. The van der Waals surface area contributed by atoms with Crippen LogP contribution in [0.1, 0.15) is 36.5 Å². The zero-order chi connectivity index (χ0) is 21.8. The molecular formula is C20H21Cl2N3O4S. The largest absolute Gasteiger partial charge is 0.355 e. The quantitative estimate of drug-likeness (QED) is 0.664. The average Bonchev–Trinajstić information content (AvgIpc) is 3.01. The second-order valence-corrected chi connectivity index (χ2v) is 8.76. The summed E-state index contributed by atoms with van der Waals surface area (Å²) in [7, 11) is 0. The fraction of sp³-hybridized carbons (Fsp3) is 0.400. The van der Waals surface area contributed by atoms with Gasteiger partial charge in [-0.15, -0.1) is 0 Å². The van der Waals surface area contributed by atoms with E-state index in [1.54, 1.807) is 17.0 Å². The molecule has 160 valence electrons. The summed E-state index contributed by atoms with van der Waals surface area (Å²) in [4.78, 5) is 52.6. The molecule has 0 aromatic heterocycles. The Morgan fingerprint density at radius 1 is 1.17 bits per heavy atom. The predicted molar refractivity (Wildman–Crippen MR) is 117 cm³/mol. The number of amides is 4. The smallest absolute Gasteiger partial charge is 0.294 e. The van der Waals surface area contributed by atoms with E-state index in [4.69, 9.17) is 23.2 Å². The highest BCUT2D eigenvalue weighted by Gasteiger charge is 2.38. The first-order chi connectivity index (χ1) is 14.3. The molecular weight excluding hydrogens is 449 g/mol. The van der Waals surface area contributed by atoms with Crippen molar-refractivity contribution in [1.29, 1.82) is 0 Å². The van der Waals surface area contributed by atoms with Crippen molar-refractivity contribution >= 4 is 57.9 Å². The van der Waals surface area contributed by atoms with Crippen LogP contribution in [0.3, 0.4) is 0 Å². The Labute approximate surface area is 188 Å². The first-order valence-corrected chi connectivity index (χ1v) is 11.2. The summed E-state index contributed by atoms with van der Waals surface area (Å²) in [5, 5.41) is 2.98. The molecule has 7 nitrogen and oxygen atoms in total. The number of benzene rings is 1. The molecule has 0 unspecified atom stereocenters. The van der Waals surface area contributed by atoms with Gasteiger partial charge in [0.1, 0.15) is 6.54 Å². The molecule has 10 heteroatoms. The Morgan fingerprint density at radius 3 is 2.53 bits per heavy atom.